The minimum atomic E-state index is 0.600. The number of nitrogens with one attached hydrogen (secondary N) is 2. The molecule has 0 aromatic heterocycles. The maximum Gasteiger partial charge on any atom is 0.195 e. The van der Waals surface area contributed by atoms with Gasteiger partial charge in [-0.1, -0.05) is 6.92 Å². The van der Waals surface area contributed by atoms with Crippen LogP contribution in [0.25, 0.3) is 0 Å². The van der Waals surface area contributed by atoms with E-state index in [1.165, 1.54) is 19.4 Å². The molecule has 0 spiro atoms. The molecule has 0 aliphatic carbocycles. The van der Waals surface area contributed by atoms with Crippen LogP contribution in [0.1, 0.15) is 26.7 Å². The minimum absolute atomic E-state index is 0.600. The van der Waals surface area contributed by atoms with Gasteiger partial charge in [0.1, 0.15) is 0 Å². The number of guanidine groups is 1. The number of hydrogen-bond donors (Lipinski definition) is 2. The van der Waals surface area contributed by atoms with Gasteiger partial charge in [0.25, 0.3) is 0 Å². The molecule has 0 saturated carbocycles. The van der Waals surface area contributed by atoms with Gasteiger partial charge in [0, 0.05) is 31.9 Å². The van der Waals surface area contributed by atoms with E-state index in [4.69, 9.17) is 9.47 Å². The minimum Gasteiger partial charge on any atom is -0.493 e. The molecular formula is C19H32N4O2. The van der Waals surface area contributed by atoms with Gasteiger partial charge in [0.05, 0.1) is 13.7 Å². The highest BCUT2D eigenvalue weighted by Gasteiger charge is 2.18. The average molecular weight is 348 g/mol. The first kappa shape index (κ1) is 19.4. The topological polar surface area (TPSA) is 58.1 Å². The Morgan fingerprint density at radius 2 is 2.16 bits per heavy atom. The fourth-order valence-corrected chi connectivity index (χ4v) is 3.18. The Morgan fingerprint density at radius 1 is 1.32 bits per heavy atom. The molecule has 1 heterocycles. The van der Waals surface area contributed by atoms with Crippen LogP contribution in [-0.2, 0) is 0 Å². The number of benzene rings is 1. The van der Waals surface area contributed by atoms with Crippen LogP contribution in [0.5, 0.6) is 11.5 Å². The fraction of sp³-hybridized carbons (Fsp3) is 0.632. The smallest absolute Gasteiger partial charge is 0.195 e. The summed E-state index contributed by atoms with van der Waals surface area (Å²) in [6.45, 7) is 9.26. The summed E-state index contributed by atoms with van der Waals surface area (Å²) in [4.78, 5) is 6.85. The van der Waals surface area contributed by atoms with E-state index in [0.29, 0.717) is 12.5 Å². The number of methoxy groups -OCH3 is 1. The van der Waals surface area contributed by atoms with E-state index in [-0.39, 0.29) is 0 Å². The van der Waals surface area contributed by atoms with Crippen molar-refractivity contribution < 1.29 is 9.47 Å². The number of rotatable bonds is 7. The van der Waals surface area contributed by atoms with Gasteiger partial charge in [-0.15, -0.1) is 0 Å². The summed E-state index contributed by atoms with van der Waals surface area (Å²) >= 11 is 0. The molecule has 0 bridgehead atoms. The van der Waals surface area contributed by atoms with Gasteiger partial charge < -0.3 is 25.0 Å². The van der Waals surface area contributed by atoms with Gasteiger partial charge in [-0.05, 0) is 50.9 Å². The molecule has 6 heteroatoms. The molecule has 6 nitrogen and oxygen atoms in total. The summed E-state index contributed by atoms with van der Waals surface area (Å²) in [5.74, 6) is 2.91. The Balaban J connectivity index is 1.92. The molecule has 1 aliphatic heterocycles. The lowest BCUT2D eigenvalue weighted by Gasteiger charge is -2.32. The van der Waals surface area contributed by atoms with E-state index < -0.39 is 0 Å². The molecule has 2 rings (SSSR count). The molecule has 1 aromatic carbocycles. The molecule has 140 valence electrons. The maximum atomic E-state index is 5.63. The number of likely N-dealkylation sites (tertiary alicyclic amines) is 1. The summed E-state index contributed by atoms with van der Waals surface area (Å²) in [6.07, 6.45) is 2.56. The lowest BCUT2D eigenvalue weighted by Crippen LogP contribution is -2.42. The third-order valence-corrected chi connectivity index (χ3v) is 4.56. The van der Waals surface area contributed by atoms with Crippen molar-refractivity contribution in [1.29, 1.82) is 0 Å². The standard InChI is InChI=1S/C19H32N4O2/c1-5-23-11-7-8-15(14-23)13-21-19(20-3)22-16-9-10-17(24-4)18(12-16)25-6-2/h9-10,12,15H,5-8,11,13-14H2,1-4H3,(H2,20,21,22). The molecule has 0 amide bonds. The molecule has 1 aromatic rings. The number of hydrogen-bond acceptors (Lipinski definition) is 4. The summed E-state index contributed by atoms with van der Waals surface area (Å²) in [6, 6.07) is 5.81. The third kappa shape index (κ3) is 5.81. The van der Waals surface area contributed by atoms with E-state index in [2.05, 4.69) is 27.4 Å². The van der Waals surface area contributed by atoms with E-state index in [1.54, 1.807) is 14.2 Å². The van der Waals surface area contributed by atoms with E-state index in [1.807, 2.05) is 25.1 Å². The Morgan fingerprint density at radius 3 is 2.84 bits per heavy atom. The molecular weight excluding hydrogens is 316 g/mol. The summed E-state index contributed by atoms with van der Waals surface area (Å²) in [7, 11) is 3.44. The van der Waals surface area contributed by atoms with Crippen molar-refractivity contribution in [3.05, 3.63) is 18.2 Å². The van der Waals surface area contributed by atoms with Crippen LogP contribution in [0.3, 0.4) is 0 Å². The molecule has 1 aliphatic rings. The van der Waals surface area contributed by atoms with Gasteiger partial charge in [0.2, 0.25) is 0 Å². The van der Waals surface area contributed by atoms with Crippen molar-refractivity contribution in [2.45, 2.75) is 26.7 Å². The predicted octanol–water partition coefficient (Wildman–Crippen LogP) is 2.81. The Hall–Kier alpha value is -1.95. The van der Waals surface area contributed by atoms with Crippen LogP contribution in [0.15, 0.2) is 23.2 Å². The molecule has 1 atom stereocenters. The second-order valence-corrected chi connectivity index (χ2v) is 6.28. The Kier molecular flexibility index (Phi) is 7.85. The van der Waals surface area contributed by atoms with Gasteiger partial charge in [-0.2, -0.15) is 0 Å². The highest BCUT2D eigenvalue weighted by atomic mass is 16.5. The third-order valence-electron chi connectivity index (χ3n) is 4.56. The van der Waals surface area contributed by atoms with E-state index in [9.17, 15) is 0 Å². The molecule has 0 radical (unpaired) electrons. The molecule has 1 saturated heterocycles. The van der Waals surface area contributed by atoms with Crippen LogP contribution in [0.4, 0.5) is 5.69 Å². The van der Waals surface area contributed by atoms with Crippen molar-refractivity contribution in [3.8, 4) is 11.5 Å². The number of aliphatic imine (C=N–C) groups is 1. The summed E-state index contributed by atoms with van der Waals surface area (Å²) in [5.41, 5.74) is 0.927. The number of anilines is 1. The maximum absolute atomic E-state index is 5.63. The van der Waals surface area contributed by atoms with Gasteiger partial charge in [-0.25, -0.2) is 0 Å². The Labute approximate surface area is 151 Å². The van der Waals surface area contributed by atoms with Crippen molar-refractivity contribution in [1.82, 2.24) is 10.2 Å². The van der Waals surface area contributed by atoms with Crippen LogP contribution < -0.4 is 20.1 Å². The van der Waals surface area contributed by atoms with Gasteiger partial charge in [-0.3, -0.25) is 4.99 Å². The first-order chi connectivity index (χ1) is 12.2. The van der Waals surface area contributed by atoms with Crippen LogP contribution in [0.2, 0.25) is 0 Å². The number of ether oxygens (including phenoxy) is 2. The summed E-state index contributed by atoms with van der Waals surface area (Å²) < 4.78 is 11.0. The molecule has 2 N–H and O–H groups in total. The monoisotopic (exact) mass is 348 g/mol. The normalized spacial score (nSPS) is 18.7. The number of nitrogens with zero attached hydrogens (tertiary/aromatic N) is 2. The number of piperidine rings is 1. The van der Waals surface area contributed by atoms with Crippen molar-refractivity contribution in [3.63, 3.8) is 0 Å². The van der Waals surface area contributed by atoms with Gasteiger partial charge in [0.15, 0.2) is 17.5 Å². The van der Waals surface area contributed by atoms with Crippen molar-refractivity contribution >= 4 is 11.6 Å². The van der Waals surface area contributed by atoms with Crippen LogP contribution in [-0.4, -0.2) is 57.8 Å². The zero-order chi connectivity index (χ0) is 18.1. The van der Waals surface area contributed by atoms with Crippen LogP contribution in [0, 0.1) is 5.92 Å². The van der Waals surface area contributed by atoms with E-state index >= 15 is 0 Å². The summed E-state index contributed by atoms with van der Waals surface area (Å²) in [5, 5.41) is 6.79. The zero-order valence-electron chi connectivity index (χ0n) is 16.0. The Bertz CT molecular complexity index is 562. The van der Waals surface area contributed by atoms with Crippen molar-refractivity contribution in [2.75, 3.05) is 52.3 Å². The lowest BCUT2D eigenvalue weighted by molar-refractivity contribution is 0.183. The largest absolute Gasteiger partial charge is 0.493 e. The van der Waals surface area contributed by atoms with Crippen molar-refractivity contribution in [2.24, 2.45) is 10.9 Å². The predicted molar refractivity (Wildman–Crippen MR) is 104 cm³/mol. The highest BCUT2D eigenvalue weighted by Crippen LogP contribution is 2.30. The highest BCUT2D eigenvalue weighted by molar-refractivity contribution is 5.93. The molecule has 1 unspecified atom stereocenters. The quantitative estimate of drug-likeness (QED) is 0.586. The first-order valence-corrected chi connectivity index (χ1v) is 9.21. The average Bonchev–Trinajstić information content (AvgIpc) is 2.65. The van der Waals surface area contributed by atoms with Crippen LogP contribution >= 0.6 is 0 Å². The lowest BCUT2D eigenvalue weighted by atomic mass is 9.98. The van der Waals surface area contributed by atoms with E-state index in [0.717, 1.165) is 42.8 Å². The first-order valence-electron chi connectivity index (χ1n) is 9.21. The second-order valence-electron chi connectivity index (χ2n) is 6.28. The van der Waals surface area contributed by atoms with Gasteiger partial charge >= 0.3 is 0 Å². The SMILES string of the molecule is CCOc1cc(NC(=NC)NCC2CCCN(CC)C2)ccc1OC. The fourth-order valence-electron chi connectivity index (χ4n) is 3.18. The molecule has 1 fully saturated rings. The zero-order valence-corrected chi connectivity index (χ0v) is 16.0. The molecule has 25 heavy (non-hydrogen) atoms. The second kappa shape index (κ2) is 10.1.